The maximum absolute atomic E-state index is 5.74. The summed E-state index contributed by atoms with van der Waals surface area (Å²) in [5, 5.41) is 6.79. The Hall–Kier alpha value is -1.20. The zero-order chi connectivity index (χ0) is 11.4. The van der Waals surface area contributed by atoms with E-state index in [2.05, 4.69) is 25.6 Å². The molecule has 0 bridgehead atoms. The molecule has 0 unspecified atom stereocenters. The van der Waals surface area contributed by atoms with Crippen LogP contribution in [0.2, 0.25) is 5.15 Å². The molecule has 2 aromatic heterocycles. The van der Waals surface area contributed by atoms with Gasteiger partial charge in [-0.1, -0.05) is 11.6 Å². The van der Waals surface area contributed by atoms with Crippen LogP contribution < -0.4 is 5.32 Å². The van der Waals surface area contributed by atoms with Gasteiger partial charge in [-0.2, -0.15) is 0 Å². The minimum absolute atomic E-state index is 0.446. The lowest BCUT2D eigenvalue weighted by atomic mass is 10.3. The Balaban J connectivity index is 1.84. The van der Waals surface area contributed by atoms with Gasteiger partial charge in [0.1, 0.15) is 17.3 Å². The van der Waals surface area contributed by atoms with Gasteiger partial charge in [-0.25, -0.2) is 15.0 Å². The molecule has 2 rings (SSSR count). The number of anilines is 1. The second-order valence-electron chi connectivity index (χ2n) is 3.26. The second-order valence-corrected chi connectivity index (χ2v) is 4.71. The molecule has 4 nitrogen and oxygen atoms in total. The third-order valence-corrected chi connectivity index (χ3v) is 3.02. The Kier molecular flexibility index (Phi) is 3.69. The average molecular weight is 255 g/mol. The number of nitrogens with one attached hydrogen (secondary N) is 1. The van der Waals surface area contributed by atoms with Crippen molar-refractivity contribution in [3.05, 3.63) is 33.6 Å². The van der Waals surface area contributed by atoms with Gasteiger partial charge in [0.05, 0.1) is 10.7 Å². The third kappa shape index (κ3) is 3.15. The van der Waals surface area contributed by atoms with E-state index in [1.807, 2.05) is 6.92 Å². The summed E-state index contributed by atoms with van der Waals surface area (Å²) in [7, 11) is 0. The highest BCUT2D eigenvalue weighted by molar-refractivity contribution is 7.09. The summed E-state index contributed by atoms with van der Waals surface area (Å²) in [5.41, 5.74) is 1.11. The van der Waals surface area contributed by atoms with E-state index in [-0.39, 0.29) is 0 Å². The van der Waals surface area contributed by atoms with Crippen molar-refractivity contribution in [2.24, 2.45) is 0 Å². The lowest BCUT2D eigenvalue weighted by Gasteiger charge is -2.03. The fourth-order valence-corrected chi connectivity index (χ4v) is 2.07. The first-order valence-corrected chi connectivity index (χ1v) is 6.12. The number of aromatic nitrogens is 3. The number of nitrogens with zero attached hydrogens (tertiary/aromatic N) is 3. The molecule has 0 aromatic carbocycles. The molecular weight excluding hydrogens is 244 g/mol. The van der Waals surface area contributed by atoms with Crippen molar-refractivity contribution in [1.29, 1.82) is 0 Å². The third-order valence-electron chi connectivity index (χ3n) is 1.99. The molecule has 0 atom stereocenters. The van der Waals surface area contributed by atoms with Gasteiger partial charge in [0, 0.05) is 24.4 Å². The summed E-state index contributed by atoms with van der Waals surface area (Å²) in [6.07, 6.45) is 2.32. The highest BCUT2D eigenvalue weighted by Crippen LogP contribution is 2.10. The number of aryl methyl sites for hydroxylation is 1. The van der Waals surface area contributed by atoms with E-state index in [1.165, 1.54) is 6.33 Å². The van der Waals surface area contributed by atoms with E-state index in [1.54, 1.807) is 17.4 Å². The fourth-order valence-electron chi connectivity index (χ4n) is 1.27. The Morgan fingerprint density at radius 1 is 1.44 bits per heavy atom. The summed E-state index contributed by atoms with van der Waals surface area (Å²) in [6, 6.07) is 1.70. The van der Waals surface area contributed by atoms with Crippen molar-refractivity contribution in [3.8, 4) is 0 Å². The molecule has 0 radical (unpaired) electrons. The molecule has 0 saturated carbocycles. The number of rotatable bonds is 4. The molecule has 2 heterocycles. The molecule has 0 aliphatic carbocycles. The van der Waals surface area contributed by atoms with Crippen LogP contribution in [-0.2, 0) is 6.42 Å². The fraction of sp³-hybridized carbons (Fsp3) is 0.300. The van der Waals surface area contributed by atoms with Crippen LogP contribution >= 0.6 is 22.9 Å². The van der Waals surface area contributed by atoms with E-state index in [0.29, 0.717) is 5.15 Å². The molecule has 2 aromatic rings. The molecule has 0 fully saturated rings. The monoisotopic (exact) mass is 254 g/mol. The van der Waals surface area contributed by atoms with E-state index >= 15 is 0 Å². The normalized spacial score (nSPS) is 10.4. The van der Waals surface area contributed by atoms with Crippen molar-refractivity contribution < 1.29 is 0 Å². The highest BCUT2D eigenvalue weighted by atomic mass is 35.5. The molecule has 1 N–H and O–H groups in total. The largest absolute Gasteiger partial charge is 0.370 e. The maximum atomic E-state index is 5.74. The summed E-state index contributed by atoms with van der Waals surface area (Å²) in [4.78, 5) is 12.2. The molecular formula is C10H11ClN4S. The lowest BCUT2D eigenvalue weighted by Crippen LogP contribution is -2.06. The predicted octanol–water partition coefficient (Wildman–Crippen LogP) is 2.55. The van der Waals surface area contributed by atoms with Crippen molar-refractivity contribution >= 4 is 28.8 Å². The van der Waals surface area contributed by atoms with Crippen LogP contribution in [0.25, 0.3) is 0 Å². The van der Waals surface area contributed by atoms with Gasteiger partial charge >= 0.3 is 0 Å². The van der Waals surface area contributed by atoms with Gasteiger partial charge < -0.3 is 5.32 Å². The summed E-state index contributed by atoms with van der Waals surface area (Å²) in [5.74, 6) is 0.743. The first-order valence-electron chi connectivity index (χ1n) is 4.86. The standard InChI is InChI=1S/C10H11ClN4S/c1-7-15-8(5-16-7)2-3-12-10-4-9(11)13-6-14-10/h4-6H,2-3H2,1H3,(H,12,13,14). The molecule has 6 heteroatoms. The highest BCUT2D eigenvalue weighted by Gasteiger charge is 1.99. The Bertz CT molecular complexity index is 471. The Morgan fingerprint density at radius 3 is 3.00 bits per heavy atom. The van der Waals surface area contributed by atoms with E-state index in [0.717, 1.165) is 29.5 Å². The quantitative estimate of drug-likeness (QED) is 0.852. The maximum Gasteiger partial charge on any atom is 0.134 e. The summed E-state index contributed by atoms with van der Waals surface area (Å²) in [6.45, 7) is 2.79. The van der Waals surface area contributed by atoms with Crippen LogP contribution in [0.3, 0.4) is 0 Å². The number of hydrogen-bond acceptors (Lipinski definition) is 5. The van der Waals surface area contributed by atoms with Gasteiger partial charge in [-0.15, -0.1) is 11.3 Å². The SMILES string of the molecule is Cc1nc(CCNc2cc(Cl)ncn2)cs1. The van der Waals surface area contributed by atoms with Gasteiger partial charge in [-0.3, -0.25) is 0 Å². The van der Waals surface area contributed by atoms with Gasteiger partial charge in [0.25, 0.3) is 0 Å². The van der Waals surface area contributed by atoms with Crippen molar-refractivity contribution in [1.82, 2.24) is 15.0 Å². The molecule has 0 amide bonds. The van der Waals surface area contributed by atoms with Crippen LogP contribution in [0.1, 0.15) is 10.7 Å². The average Bonchev–Trinajstić information content (AvgIpc) is 2.64. The van der Waals surface area contributed by atoms with Gasteiger partial charge in [-0.05, 0) is 6.92 Å². The first-order chi connectivity index (χ1) is 7.74. The van der Waals surface area contributed by atoms with Crippen LogP contribution in [0, 0.1) is 6.92 Å². The summed E-state index contributed by atoms with van der Waals surface area (Å²) >= 11 is 7.41. The zero-order valence-electron chi connectivity index (χ0n) is 8.77. The van der Waals surface area contributed by atoms with Gasteiger partial charge in [0.2, 0.25) is 0 Å². The topological polar surface area (TPSA) is 50.7 Å². The van der Waals surface area contributed by atoms with Crippen molar-refractivity contribution in [3.63, 3.8) is 0 Å². The molecule has 0 aliphatic heterocycles. The van der Waals surface area contributed by atoms with E-state index in [9.17, 15) is 0 Å². The van der Waals surface area contributed by atoms with E-state index in [4.69, 9.17) is 11.6 Å². The van der Waals surface area contributed by atoms with Crippen LogP contribution in [0.15, 0.2) is 17.8 Å². The number of halogens is 1. The minimum atomic E-state index is 0.446. The molecule has 0 saturated heterocycles. The zero-order valence-corrected chi connectivity index (χ0v) is 10.3. The number of hydrogen-bond donors (Lipinski definition) is 1. The van der Waals surface area contributed by atoms with Crippen LogP contribution in [-0.4, -0.2) is 21.5 Å². The lowest BCUT2D eigenvalue weighted by molar-refractivity contribution is 0.957. The van der Waals surface area contributed by atoms with Crippen molar-refractivity contribution in [2.45, 2.75) is 13.3 Å². The number of thiazole rings is 1. The van der Waals surface area contributed by atoms with Crippen LogP contribution in [0.4, 0.5) is 5.82 Å². The first kappa shape index (κ1) is 11.3. The summed E-state index contributed by atoms with van der Waals surface area (Å²) < 4.78 is 0. The van der Waals surface area contributed by atoms with E-state index < -0.39 is 0 Å². The molecule has 0 spiro atoms. The smallest absolute Gasteiger partial charge is 0.134 e. The molecule has 0 aliphatic rings. The molecule has 84 valence electrons. The van der Waals surface area contributed by atoms with Crippen LogP contribution in [0.5, 0.6) is 0 Å². The predicted molar refractivity (Wildman–Crippen MR) is 66.1 cm³/mol. The Labute approximate surface area is 103 Å². The Morgan fingerprint density at radius 2 is 2.31 bits per heavy atom. The van der Waals surface area contributed by atoms with Gasteiger partial charge in [0.15, 0.2) is 0 Å². The minimum Gasteiger partial charge on any atom is -0.370 e. The molecule has 16 heavy (non-hydrogen) atoms. The second kappa shape index (κ2) is 5.23. The van der Waals surface area contributed by atoms with Crippen molar-refractivity contribution in [2.75, 3.05) is 11.9 Å².